The number of hydrogen-bond donors (Lipinski definition) is 2. The fraction of sp³-hybridized carbons (Fsp3) is 0. The van der Waals surface area contributed by atoms with Gasteiger partial charge >= 0.3 is 5.97 Å². The molecule has 0 saturated carbocycles. The Hall–Kier alpha value is -2.17. The number of carbonyl (C=O) groups is 1. The lowest BCUT2D eigenvalue weighted by Crippen LogP contribution is -1.97. The van der Waals surface area contributed by atoms with Gasteiger partial charge in [-0.2, -0.15) is 5.10 Å². The van der Waals surface area contributed by atoms with Crippen molar-refractivity contribution in [2.24, 2.45) is 0 Å². The number of nitrogens with one attached hydrogen (secondary N) is 1. The van der Waals surface area contributed by atoms with E-state index < -0.39 is 11.8 Å². The van der Waals surface area contributed by atoms with Crippen LogP contribution >= 0.6 is 0 Å². The van der Waals surface area contributed by atoms with Gasteiger partial charge in [0.1, 0.15) is 11.4 Å². The first-order chi connectivity index (χ1) is 7.20. The van der Waals surface area contributed by atoms with Gasteiger partial charge in [0.25, 0.3) is 0 Å². The van der Waals surface area contributed by atoms with Crippen molar-refractivity contribution in [3.05, 3.63) is 41.8 Å². The van der Waals surface area contributed by atoms with Gasteiger partial charge in [-0.05, 0) is 12.1 Å². The SMILES string of the molecule is O=C(O)c1cn[nH]c1-c1ccccc1F. The third-order valence-electron chi connectivity index (χ3n) is 2.01. The topological polar surface area (TPSA) is 66.0 Å². The zero-order chi connectivity index (χ0) is 10.8. The molecule has 2 aromatic rings. The summed E-state index contributed by atoms with van der Waals surface area (Å²) in [6.07, 6.45) is 1.16. The van der Waals surface area contributed by atoms with Crippen LogP contribution in [-0.2, 0) is 0 Å². The van der Waals surface area contributed by atoms with Crippen molar-refractivity contribution in [1.82, 2.24) is 10.2 Å². The highest BCUT2D eigenvalue weighted by Gasteiger charge is 2.16. The Morgan fingerprint density at radius 1 is 1.40 bits per heavy atom. The maximum atomic E-state index is 13.4. The molecular formula is C10H7FN2O2. The number of nitrogens with zero attached hydrogens (tertiary/aromatic N) is 1. The van der Waals surface area contributed by atoms with Crippen LogP contribution in [0.2, 0.25) is 0 Å². The summed E-state index contributed by atoms with van der Waals surface area (Å²) in [6.45, 7) is 0. The van der Waals surface area contributed by atoms with Crippen LogP contribution in [0, 0.1) is 5.82 Å². The molecule has 4 nitrogen and oxygen atoms in total. The van der Waals surface area contributed by atoms with Crippen molar-refractivity contribution in [2.75, 3.05) is 0 Å². The Kier molecular flexibility index (Phi) is 2.21. The van der Waals surface area contributed by atoms with Crippen molar-refractivity contribution in [1.29, 1.82) is 0 Å². The van der Waals surface area contributed by atoms with E-state index in [1.54, 1.807) is 6.07 Å². The molecule has 2 N–H and O–H groups in total. The number of carboxylic acids is 1. The molecule has 0 aliphatic heterocycles. The van der Waals surface area contributed by atoms with Gasteiger partial charge in [-0.15, -0.1) is 0 Å². The molecule has 0 atom stereocenters. The van der Waals surface area contributed by atoms with Crippen LogP contribution in [0.3, 0.4) is 0 Å². The Morgan fingerprint density at radius 2 is 2.13 bits per heavy atom. The monoisotopic (exact) mass is 206 g/mol. The molecule has 0 spiro atoms. The molecule has 0 radical (unpaired) electrons. The van der Waals surface area contributed by atoms with E-state index in [1.807, 2.05) is 0 Å². The first kappa shape index (κ1) is 9.39. The molecule has 1 heterocycles. The fourth-order valence-corrected chi connectivity index (χ4v) is 1.32. The van der Waals surface area contributed by atoms with E-state index in [1.165, 1.54) is 18.2 Å². The molecule has 1 aromatic carbocycles. The quantitative estimate of drug-likeness (QED) is 0.788. The normalized spacial score (nSPS) is 10.2. The maximum absolute atomic E-state index is 13.4. The molecule has 15 heavy (non-hydrogen) atoms. The van der Waals surface area contributed by atoms with Gasteiger partial charge < -0.3 is 5.11 Å². The first-order valence-electron chi connectivity index (χ1n) is 4.21. The van der Waals surface area contributed by atoms with Gasteiger partial charge in [0, 0.05) is 5.56 Å². The second-order valence-electron chi connectivity index (χ2n) is 2.94. The molecule has 0 amide bonds. The predicted molar refractivity (Wildman–Crippen MR) is 50.9 cm³/mol. The number of benzene rings is 1. The van der Waals surface area contributed by atoms with E-state index in [0.717, 1.165) is 6.20 Å². The summed E-state index contributed by atoms with van der Waals surface area (Å²) >= 11 is 0. The summed E-state index contributed by atoms with van der Waals surface area (Å²) in [4.78, 5) is 10.8. The maximum Gasteiger partial charge on any atom is 0.339 e. The van der Waals surface area contributed by atoms with Crippen molar-refractivity contribution < 1.29 is 14.3 Å². The predicted octanol–water partition coefficient (Wildman–Crippen LogP) is 1.91. The number of halogens is 1. The molecule has 2 rings (SSSR count). The zero-order valence-electron chi connectivity index (χ0n) is 7.57. The number of hydrogen-bond acceptors (Lipinski definition) is 2. The standard InChI is InChI=1S/C10H7FN2O2/c11-8-4-2-1-3-6(8)9-7(10(14)15)5-12-13-9/h1-5H,(H,12,13)(H,14,15). The van der Waals surface area contributed by atoms with Crippen LogP contribution in [0.4, 0.5) is 4.39 Å². The number of rotatable bonds is 2. The molecule has 0 aliphatic carbocycles. The van der Waals surface area contributed by atoms with Gasteiger partial charge in [-0.3, -0.25) is 5.10 Å². The Bertz CT molecular complexity index is 508. The number of carboxylic acid groups (broad SMARTS) is 1. The van der Waals surface area contributed by atoms with Gasteiger partial charge in [-0.25, -0.2) is 9.18 Å². The van der Waals surface area contributed by atoms with E-state index in [-0.39, 0.29) is 16.8 Å². The van der Waals surface area contributed by atoms with Crippen LogP contribution in [0.15, 0.2) is 30.5 Å². The van der Waals surface area contributed by atoms with Gasteiger partial charge in [0.2, 0.25) is 0 Å². The largest absolute Gasteiger partial charge is 0.478 e. The first-order valence-corrected chi connectivity index (χ1v) is 4.21. The zero-order valence-corrected chi connectivity index (χ0v) is 7.57. The van der Waals surface area contributed by atoms with E-state index in [4.69, 9.17) is 5.11 Å². The van der Waals surface area contributed by atoms with Crippen molar-refractivity contribution in [3.8, 4) is 11.3 Å². The summed E-state index contributed by atoms with van der Waals surface area (Å²) in [5, 5.41) is 14.9. The molecule has 0 fully saturated rings. The highest BCUT2D eigenvalue weighted by Crippen LogP contribution is 2.23. The molecular weight excluding hydrogens is 199 g/mol. The second-order valence-corrected chi connectivity index (χ2v) is 2.94. The molecule has 0 bridgehead atoms. The molecule has 0 unspecified atom stereocenters. The van der Waals surface area contributed by atoms with Crippen molar-refractivity contribution in [3.63, 3.8) is 0 Å². The number of aromatic nitrogens is 2. The highest BCUT2D eigenvalue weighted by atomic mass is 19.1. The fourth-order valence-electron chi connectivity index (χ4n) is 1.32. The Labute approximate surface area is 84.4 Å². The summed E-state index contributed by atoms with van der Waals surface area (Å²) in [7, 11) is 0. The Morgan fingerprint density at radius 3 is 2.80 bits per heavy atom. The van der Waals surface area contributed by atoms with Gasteiger partial charge in [0.15, 0.2) is 0 Å². The van der Waals surface area contributed by atoms with Crippen LogP contribution in [0.5, 0.6) is 0 Å². The van der Waals surface area contributed by atoms with Crippen molar-refractivity contribution in [2.45, 2.75) is 0 Å². The average Bonchev–Trinajstić information content (AvgIpc) is 2.67. The summed E-state index contributed by atoms with van der Waals surface area (Å²) in [5.74, 6) is -1.62. The molecule has 5 heteroatoms. The summed E-state index contributed by atoms with van der Waals surface area (Å²) in [6, 6.07) is 5.93. The minimum absolute atomic E-state index is 0.0416. The molecule has 0 aliphatic rings. The van der Waals surface area contributed by atoms with E-state index in [0.29, 0.717) is 0 Å². The molecule has 76 valence electrons. The lowest BCUT2D eigenvalue weighted by molar-refractivity contribution is 0.0698. The Balaban J connectivity index is 2.59. The smallest absolute Gasteiger partial charge is 0.339 e. The number of aromatic amines is 1. The highest BCUT2D eigenvalue weighted by molar-refractivity contribution is 5.94. The van der Waals surface area contributed by atoms with Crippen LogP contribution in [0.25, 0.3) is 11.3 Å². The van der Waals surface area contributed by atoms with Crippen molar-refractivity contribution >= 4 is 5.97 Å². The minimum atomic E-state index is -1.14. The summed E-state index contributed by atoms with van der Waals surface area (Å²) in [5.41, 5.74) is 0.341. The van der Waals surface area contributed by atoms with E-state index >= 15 is 0 Å². The van der Waals surface area contributed by atoms with E-state index in [9.17, 15) is 9.18 Å². The van der Waals surface area contributed by atoms with Gasteiger partial charge in [-0.1, -0.05) is 12.1 Å². The van der Waals surface area contributed by atoms with Crippen LogP contribution < -0.4 is 0 Å². The van der Waals surface area contributed by atoms with Crippen LogP contribution in [-0.4, -0.2) is 21.3 Å². The lowest BCUT2D eigenvalue weighted by Gasteiger charge is -2.00. The molecule has 0 saturated heterocycles. The van der Waals surface area contributed by atoms with Gasteiger partial charge in [0.05, 0.1) is 11.9 Å². The van der Waals surface area contributed by atoms with Crippen LogP contribution in [0.1, 0.15) is 10.4 Å². The number of aromatic carboxylic acids is 1. The lowest BCUT2D eigenvalue weighted by atomic mass is 10.1. The third kappa shape index (κ3) is 1.59. The average molecular weight is 206 g/mol. The van der Waals surface area contributed by atoms with E-state index in [2.05, 4.69) is 10.2 Å². The second kappa shape index (κ2) is 3.53. The number of H-pyrrole nitrogens is 1. The minimum Gasteiger partial charge on any atom is -0.478 e. The molecule has 1 aromatic heterocycles. The summed E-state index contributed by atoms with van der Waals surface area (Å²) < 4.78 is 13.4. The third-order valence-corrected chi connectivity index (χ3v) is 2.01.